The van der Waals surface area contributed by atoms with E-state index in [4.69, 9.17) is 9.84 Å². The summed E-state index contributed by atoms with van der Waals surface area (Å²) in [6.07, 6.45) is 0. The molecule has 0 radical (unpaired) electrons. The predicted molar refractivity (Wildman–Crippen MR) is 70.7 cm³/mol. The molecule has 1 rings (SSSR count). The van der Waals surface area contributed by atoms with Gasteiger partial charge in [0.2, 0.25) is 0 Å². The zero-order chi connectivity index (χ0) is 13.5. The van der Waals surface area contributed by atoms with Crippen molar-refractivity contribution in [1.29, 1.82) is 0 Å². The fourth-order valence-electron chi connectivity index (χ4n) is 1.51. The number of carbonyl (C=O) groups is 1. The SMILES string of the molecule is Cc1ccc(OCC(=O)NCC(C)CO)c(C)c1. The Labute approximate surface area is 108 Å². The molecule has 2 N–H and O–H groups in total. The van der Waals surface area contributed by atoms with Gasteiger partial charge in [-0.25, -0.2) is 0 Å². The second-order valence-corrected chi connectivity index (χ2v) is 4.65. The number of hydrogen-bond donors (Lipinski definition) is 2. The van der Waals surface area contributed by atoms with Crippen LogP contribution in [0.1, 0.15) is 18.1 Å². The Hall–Kier alpha value is -1.55. The summed E-state index contributed by atoms with van der Waals surface area (Å²) in [5, 5.41) is 11.5. The second kappa shape index (κ2) is 7.01. The average Bonchev–Trinajstić information content (AvgIpc) is 2.34. The van der Waals surface area contributed by atoms with Crippen LogP contribution in [0.15, 0.2) is 18.2 Å². The first-order chi connectivity index (χ1) is 8.52. The molecule has 1 amide bonds. The molecule has 1 unspecified atom stereocenters. The van der Waals surface area contributed by atoms with Crippen LogP contribution in [-0.2, 0) is 4.79 Å². The third kappa shape index (κ3) is 4.75. The van der Waals surface area contributed by atoms with Crippen molar-refractivity contribution >= 4 is 5.91 Å². The fourth-order valence-corrected chi connectivity index (χ4v) is 1.51. The standard InChI is InChI=1S/C14H21NO3/c1-10-4-5-13(12(3)6-10)18-9-14(17)15-7-11(2)8-16/h4-6,11,16H,7-9H2,1-3H3,(H,15,17). The van der Waals surface area contributed by atoms with Crippen LogP contribution in [0.25, 0.3) is 0 Å². The molecule has 1 aromatic rings. The number of carbonyl (C=O) groups excluding carboxylic acids is 1. The molecule has 0 fully saturated rings. The van der Waals surface area contributed by atoms with Gasteiger partial charge in [-0.1, -0.05) is 24.6 Å². The second-order valence-electron chi connectivity index (χ2n) is 4.65. The molecule has 4 heteroatoms. The molecule has 0 aliphatic rings. The van der Waals surface area contributed by atoms with Gasteiger partial charge in [-0.05, 0) is 31.4 Å². The minimum absolute atomic E-state index is 0.00203. The van der Waals surface area contributed by atoms with E-state index in [-0.39, 0.29) is 25.0 Å². The van der Waals surface area contributed by atoms with E-state index < -0.39 is 0 Å². The number of rotatable bonds is 6. The first kappa shape index (κ1) is 14.5. The predicted octanol–water partition coefficient (Wildman–Crippen LogP) is 1.43. The van der Waals surface area contributed by atoms with E-state index >= 15 is 0 Å². The van der Waals surface area contributed by atoms with Crippen LogP contribution in [0.5, 0.6) is 5.75 Å². The normalized spacial score (nSPS) is 12.0. The molecular formula is C14H21NO3. The molecule has 0 heterocycles. The van der Waals surface area contributed by atoms with E-state index in [2.05, 4.69) is 5.32 Å². The number of amides is 1. The summed E-state index contributed by atoms with van der Waals surface area (Å²) in [7, 11) is 0. The van der Waals surface area contributed by atoms with Crippen molar-refractivity contribution in [3.63, 3.8) is 0 Å². The van der Waals surface area contributed by atoms with Crippen molar-refractivity contribution < 1.29 is 14.6 Å². The molecule has 1 atom stereocenters. The van der Waals surface area contributed by atoms with Gasteiger partial charge in [0.1, 0.15) is 5.75 Å². The van der Waals surface area contributed by atoms with Gasteiger partial charge in [-0.15, -0.1) is 0 Å². The maximum absolute atomic E-state index is 11.5. The first-order valence-electron chi connectivity index (χ1n) is 6.10. The lowest BCUT2D eigenvalue weighted by Crippen LogP contribution is -2.33. The zero-order valence-electron chi connectivity index (χ0n) is 11.2. The molecule has 0 bridgehead atoms. The molecule has 0 aliphatic carbocycles. The van der Waals surface area contributed by atoms with Crippen LogP contribution in [0, 0.1) is 19.8 Å². The molecule has 100 valence electrons. The molecule has 0 aliphatic heterocycles. The van der Waals surface area contributed by atoms with Gasteiger partial charge in [0.05, 0.1) is 0 Å². The highest BCUT2D eigenvalue weighted by Crippen LogP contribution is 2.18. The molecule has 0 aromatic heterocycles. The molecule has 0 saturated heterocycles. The minimum atomic E-state index is -0.171. The number of hydrogen-bond acceptors (Lipinski definition) is 3. The molecule has 18 heavy (non-hydrogen) atoms. The summed E-state index contributed by atoms with van der Waals surface area (Å²) in [5.41, 5.74) is 2.19. The smallest absolute Gasteiger partial charge is 0.257 e. The number of aryl methyl sites for hydroxylation is 2. The van der Waals surface area contributed by atoms with Gasteiger partial charge in [0.15, 0.2) is 6.61 Å². The molecule has 4 nitrogen and oxygen atoms in total. The van der Waals surface area contributed by atoms with E-state index in [1.165, 1.54) is 5.56 Å². The van der Waals surface area contributed by atoms with Crippen molar-refractivity contribution in [1.82, 2.24) is 5.32 Å². The summed E-state index contributed by atoms with van der Waals surface area (Å²) in [6, 6.07) is 5.84. The summed E-state index contributed by atoms with van der Waals surface area (Å²) in [6.45, 7) is 6.37. The maximum Gasteiger partial charge on any atom is 0.257 e. The molecule has 1 aromatic carbocycles. The van der Waals surface area contributed by atoms with E-state index in [9.17, 15) is 4.79 Å². The van der Waals surface area contributed by atoms with Gasteiger partial charge in [-0.3, -0.25) is 4.79 Å². The summed E-state index contributed by atoms with van der Waals surface area (Å²) >= 11 is 0. The summed E-state index contributed by atoms with van der Waals surface area (Å²) in [4.78, 5) is 11.5. The van der Waals surface area contributed by atoms with Gasteiger partial charge >= 0.3 is 0 Å². The van der Waals surface area contributed by atoms with Crippen molar-refractivity contribution in [2.75, 3.05) is 19.8 Å². The summed E-state index contributed by atoms with van der Waals surface area (Å²) < 4.78 is 5.44. The van der Waals surface area contributed by atoms with Crippen molar-refractivity contribution in [3.05, 3.63) is 29.3 Å². The monoisotopic (exact) mass is 251 g/mol. The van der Waals surface area contributed by atoms with Crippen molar-refractivity contribution in [2.24, 2.45) is 5.92 Å². The van der Waals surface area contributed by atoms with Gasteiger partial charge in [0, 0.05) is 13.2 Å². The van der Waals surface area contributed by atoms with Gasteiger partial charge in [-0.2, -0.15) is 0 Å². The quantitative estimate of drug-likeness (QED) is 0.804. The van der Waals surface area contributed by atoms with Crippen LogP contribution in [-0.4, -0.2) is 30.8 Å². The Kier molecular flexibility index (Phi) is 5.65. The van der Waals surface area contributed by atoms with Crippen LogP contribution in [0.3, 0.4) is 0 Å². The van der Waals surface area contributed by atoms with Crippen LogP contribution >= 0.6 is 0 Å². The van der Waals surface area contributed by atoms with Crippen LogP contribution in [0.4, 0.5) is 0 Å². The topological polar surface area (TPSA) is 58.6 Å². The highest BCUT2D eigenvalue weighted by Gasteiger charge is 2.06. The Bertz CT molecular complexity index is 404. The van der Waals surface area contributed by atoms with Crippen molar-refractivity contribution in [2.45, 2.75) is 20.8 Å². The lowest BCUT2D eigenvalue weighted by atomic mass is 10.1. The number of aliphatic hydroxyl groups excluding tert-OH is 1. The van der Waals surface area contributed by atoms with Crippen LogP contribution < -0.4 is 10.1 Å². The highest BCUT2D eigenvalue weighted by molar-refractivity contribution is 5.77. The number of ether oxygens (including phenoxy) is 1. The van der Waals surface area contributed by atoms with E-state index in [0.717, 1.165) is 11.3 Å². The lowest BCUT2D eigenvalue weighted by molar-refractivity contribution is -0.123. The van der Waals surface area contributed by atoms with E-state index in [1.54, 1.807) is 0 Å². The zero-order valence-corrected chi connectivity index (χ0v) is 11.2. The average molecular weight is 251 g/mol. The third-order valence-electron chi connectivity index (χ3n) is 2.65. The molecule has 0 saturated carbocycles. The Morgan fingerprint density at radius 2 is 2.17 bits per heavy atom. The first-order valence-corrected chi connectivity index (χ1v) is 6.10. The number of aliphatic hydroxyl groups is 1. The largest absolute Gasteiger partial charge is 0.484 e. The Balaban J connectivity index is 2.38. The number of nitrogens with one attached hydrogen (secondary N) is 1. The Morgan fingerprint density at radius 3 is 2.78 bits per heavy atom. The minimum Gasteiger partial charge on any atom is -0.484 e. The highest BCUT2D eigenvalue weighted by atomic mass is 16.5. The van der Waals surface area contributed by atoms with Crippen LogP contribution in [0.2, 0.25) is 0 Å². The van der Waals surface area contributed by atoms with E-state index in [1.807, 2.05) is 39.0 Å². The fraction of sp³-hybridized carbons (Fsp3) is 0.500. The lowest BCUT2D eigenvalue weighted by Gasteiger charge is -2.12. The maximum atomic E-state index is 11.5. The van der Waals surface area contributed by atoms with E-state index in [0.29, 0.717) is 6.54 Å². The summed E-state index contributed by atoms with van der Waals surface area (Å²) in [5.74, 6) is 0.622. The third-order valence-corrected chi connectivity index (χ3v) is 2.65. The van der Waals surface area contributed by atoms with Crippen molar-refractivity contribution in [3.8, 4) is 5.75 Å². The number of benzene rings is 1. The molecular weight excluding hydrogens is 230 g/mol. The van der Waals surface area contributed by atoms with Gasteiger partial charge in [0.25, 0.3) is 5.91 Å². The van der Waals surface area contributed by atoms with Gasteiger partial charge < -0.3 is 15.2 Å². The Morgan fingerprint density at radius 1 is 1.44 bits per heavy atom. The molecule has 0 spiro atoms.